The number of hydrogen-bond donors (Lipinski definition) is 3. The highest BCUT2D eigenvalue weighted by atomic mass is 19.4. The first-order valence-electron chi connectivity index (χ1n) is 12.1. The fourth-order valence-electron chi connectivity index (χ4n) is 3.05. The van der Waals surface area contributed by atoms with Gasteiger partial charge >= 0.3 is 30.1 Å². The zero-order chi connectivity index (χ0) is 33.1. The highest BCUT2D eigenvalue weighted by Crippen LogP contribution is 2.23. The Balaban J connectivity index is 0.000000990. The number of hydrogen-bond acceptors (Lipinski definition) is 8. The highest BCUT2D eigenvalue weighted by Gasteiger charge is 2.31. The molecule has 0 aliphatic rings. The molecule has 2 heterocycles. The number of ether oxygens (including phenoxy) is 2. The van der Waals surface area contributed by atoms with Gasteiger partial charge in [-0.1, -0.05) is 6.92 Å². The summed E-state index contributed by atoms with van der Waals surface area (Å²) < 4.78 is 75.9. The number of carbonyl (C=O) groups excluding carboxylic acids is 4. The molecular formula is C24H32F6N4O8. The third-order valence-corrected chi connectivity index (χ3v) is 4.74. The van der Waals surface area contributed by atoms with Crippen molar-refractivity contribution in [2.45, 2.75) is 72.1 Å². The summed E-state index contributed by atoms with van der Waals surface area (Å²) in [6.45, 7) is 10.6. The zero-order valence-corrected chi connectivity index (χ0v) is 23.5. The van der Waals surface area contributed by atoms with Gasteiger partial charge in [0.15, 0.2) is 6.54 Å². The van der Waals surface area contributed by atoms with Crippen LogP contribution in [0, 0.1) is 0 Å². The molecule has 0 atom stereocenters. The van der Waals surface area contributed by atoms with Gasteiger partial charge in [0.25, 0.3) is 0 Å². The second-order valence-corrected chi connectivity index (χ2v) is 9.19. The molecule has 4 N–H and O–H groups in total. The van der Waals surface area contributed by atoms with Crippen LogP contribution in [0.1, 0.15) is 72.5 Å². The molecule has 238 valence electrons. The summed E-state index contributed by atoms with van der Waals surface area (Å²) in [5.41, 5.74) is 1.46. The van der Waals surface area contributed by atoms with E-state index in [1.54, 1.807) is 6.92 Å². The molecule has 0 spiro atoms. The Kier molecular flexibility index (Phi) is 14.2. The van der Waals surface area contributed by atoms with Crippen LogP contribution >= 0.6 is 0 Å². The molecule has 42 heavy (non-hydrogen) atoms. The molecule has 18 heteroatoms. The minimum absolute atomic E-state index is 0.274. The first-order chi connectivity index (χ1) is 19.1. The number of nitrogens with two attached hydrogens (primary N) is 1. The van der Waals surface area contributed by atoms with E-state index < -0.39 is 41.8 Å². The van der Waals surface area contributed by atoms with Crippen molar-refractivity contribution in [3.63, 3.8) is 0 Å². The maximum atomic E-state index is 12.7. The van der Waals surface area contributed by atoms with Crippen LogP contribution in [-0.2, 0) is 45.6 Å². The number of aromatic amines is 2. The molecule has 0 fully saturated rings. The van der Waals surface area contributed by atoms with Crippen LogP contribution in [-0.4, -0.2) is 58.4 Å². The molecule has 12 nitrogen and oxygen atoms in total. The number of aliphatic carboxylic acids is 2. The molecular weight excluding hydrogens is 586 g/mol. The lowest BCUT2D eigenvalue weighted by Gasteiger charge is -2.19. The number of aryl methyl sites for hydroxylation is 1. The Morgan fingerprint density at radius 3 is 1.79 bits per heavy atom. The van der Waals surface area contributed by atoms with Gasteiger partial charge in [0.2, 0.25) is 0 Å². The second kappa shape index (κ2) is 15.8. The predicted molar refractivity (Wildman–Crippen MR) is 125 cm³/mol. The van der Waals surface area contributed by atoms with Gasteiger partial charge in [-0.25, -0.2) is 19.1 Å². The lowest BCUT2D eigenvalue weighted by molar-refractivity contribution is -0.736. The number of rotatable bonds is 8. The van der Waals surface area contributed by atoms with Gasteiger partial charge < -0.3 is 39.6 Å². The predicted octanol–water partition coefficient (Wildman–Crippen LogP) is -0.277. The normalized spacial score (nSPS) is 11.4. The third kappa shape index (κ3) is 13.0. The van der Waals surface area contributed by atoms with E-state index in [1.165, 1.54) is 0 Å². The van der Waals surface area contributed by atoms with Crippen LogP contribution in [0.2, 0.25) is 0 Å². The van der Waals surface area contributed by atoms with Gasteiger partial charge in [0, 0.05) is 0 Å². The maximum Gasteiger partial charge on any atom is 0.430 e. The number of aromatic nitrogens is 3. The van der Waals surface area contributed by atoms with Crippen molar-refractivity contribution in [1.82, 2.24) is 9.97 Å². The monoisotopic (exact) mass is 618 g/mol. The van der Waals surface area contributed by atoms with Crippen molar-refractivity contribution < 1.29 is 75.1 Å². The summed E-state index contributed by atoms with van der Waals surface area (Å²) >= 11 is 0. The van der Waals surface area contributed by atoms with Crippen molar-refractivity contribution >= 4 is 23.9 Å². The summed E-state index contributed by atoms with van der Waals surface area (Å²) in [5.74, 6) is -5.84. The van der Waals surface area contributed by atoms with Crippen molar-refractivity contribution in [2.75, 3.05) is 6.61 Å². The lowest BCUT2D eigenvalue weighted by Crippen LogP contribution is -2.81. The van der Waals surface area contributed by atoms with Crippen LogP contribution in [0.4, 0.5) is 26.3 Å². The Morgan fingerprint density at radius 2 is 1.43 bits per heavy atom. The number of alkyl halides is 6. The summed E-state index contributed by atoms with van der Waals surface area (Å²) in [7, 11) is 1.97. The van der Waals surface area contributed by atoms with Gasteiger partial charge in [-0.2, -0.15) is 26.3 Å². The standard InChI is InChI=1S/C20H30N4O4.2C2HF3O2/c1-7-13-16(18(25)27-8-2)14(11-21-12-15-22-9-10-24(15)6)23-17(13)19(26)28-20(3,4)5;2*3-2(4,5)1(6)7/h9-10,21H,7-8,11-12H2,1-6H3,(H,23,25,26);2*(H,6,7). The Bertz CT molecular complexity index is 1190. The van der Waals surface area contributed by atoms with Gasteiger partial charge in [-0.3, -0.25) is 0 Å². The molecule has 0 aliphatic carbocycles. The van der Waals surface area contributed by atoms with Crippen LogP contribution in [0.15, 0.2) is 12.4 Å². The van der Waals surface area contributed by atoms with Crippen molar-refractivity contribution in [3.8, 4) is 0 Å². The first-order valence-corrected chi connectivity index (χ1v) is 12.1. The first kappa shape index (κ1) is 37.9. The average Bonchev–Trinajstić information content (AvgIpc) is 3.41. The summed E-state index contributed by atoms with van der Waals surface area (Å²) in [6.07, 6.45) is -6.06. The van der Waals surface area contributed by atoms with E-state index in [2.05, 4.69) is 15.3 Å². The molecule has 0 bridgehead atoms. The molecule has 0 saturated heterocycles. The fourth-order valence-corrected chi connectivity index (χ4v) is 3.05. The van der Waals surface area contributed by atoms with Crippen LogP contribution in [0.25, 0.3) is 0 Å². The smallest absolute Gasteiger partial charge is 0.430 e. The number of quaternary nitrogens is 1. The topological polar surface area (TPSA) is 185 Å². The van der Waals surface area contributed by atoms with Gasteiger partial charge in [-0.15, -0.1) is 0 Å². The Labute approximate surface area is 236 Å². The molecule has 0 saturated carbocycles. The zero-order valence-electron chi connectivity index (χ0n) is 23.5. The average molecular weight is 619 g/mol. The van der Waals surface area contributed by atoms with Crippen LogP contribution < -0.4 is 20.1 Å². The highest BCUT2D eigenvalue weighted by molar-refractivity contribution is 5.98. The lowest BCUT2D eigenvalue weighted by atomic mass is 10.1. The van der Waals surface area contributed by atoms with Crippen molar-refractivity contribution in [1.29, 1.82) is 0 Å². The number of carboxylic acids is 2. The Hall–Kier alpha value is -4.09. The summed E-state index contributed by atoms with van der Waals surface area (Å²) in [4.78, 5) is 49.1. The SMILES string of the molecule is CCOC(=O)c1c(C[NH2+]Cc2[nH]cc[n+]2C)[nH]c(C(=O)OC(C)(C)C)c1CC.O=C([O-])C(F)(F)F.O=C([O-])C(F)(F)F. The second-order valence-electron chi connectivity index (χ2n) is 9.19. The number of nitrogens with zero attached hydrogens (tertiary/aromatic N) is 1. The number of H-pyrrole nitrogens is 2. The Morgan fingerprint density at radius 1 is 0.929 bits per heavy atom. The summed E-state index contributed by atoms with van der Waals surface area (Å²) in [6, 6.07) is 0. The maximum absolute atomic E-state index is 12.7. The molecule has 0 aromatic carbocycles. The molecule has 2 aromatic rings. The fraction of sp³-hybridized carbons (Fsp3) is 0.542. The molecule has 2 aromatic heterocycles. The van der Waals surface area contributed by atoms with E-state index in [9.17, 15) is 35.9 Å². The largest absolute Gasteiger partial charge is 0.542 e. The van der Waals surface area contributed by atoms with E-state index >= 15 is 0 Å². The van der Waals surface area contributed by atoms with Crippen LogP contribution in [0.3, 0.4) is 0 Å². The quantitative estimate of drug-likeness (QED) is 0.205. The minimum Gasteiger partial charge on any atom is -0.542 e. The van der Waals surface area contributed by atoms with E-state index in [0.29, 0.717) is 42.0 Å². The van der Waals surface area contributed by atoms with Gasteiger partial charge in [0.1, 0.15) is 42.2 Å². The van der Waals surface area contributed by atoms with E-state index in [1.807, 2.05) is 51.7 Å². The van der Waals surface area contributed by atoms with E-state index in [4.69, 9.17) is 29.3 Å². The van der Waals surface area contributed by atoms with Crippen molar-refractivity contribution in [2.24, 2.45) is 7.05 Å². The molecule has 0 aliphatic heterocycles. The number of carbonyl (C=O) groups is 4. The van der Waals surface area contributed by atoms with Gasteiger partial charge in [-0.05, 0) is 39.7 Å². The minimum atomic E-state index is -5.19. The van der Waals surface area contributed by atoms with Gasteiger partial charge in [0.05, 0.1) is 24.9 Å². The molecule has 0 unspecified atom stereocenters. The molecule has 0 amide bonds. The molecule has 0 radical (unpaired) electrons. The van der Waals surface area contributed by atoms with E-state index in [-0.39, 0.29) is 6.61 Å². The molecule has 2 rings (SSSR count). The summed E-state index contributed by atoms with van der Waals surface area (Å²) in [5, 5.41) is 19.6. The number of nitrogens with one attached hydrogen (secondary N) is 2. The van der Waals surface area contributed by atoms with Crippen LogP contribution in [0.5, 0.6) is 0 Å². The number of halogens is 6. The third-order valence-electron chi connectivity index (χ3n) is 4.74. The van der Waals surface area contributed by atoms with Crippen molar-refractivity contribution in [3.05, 3.63) is 40.7 Å². The number of esters is 2. The number of carboxylic acid groups (broad SMARTS) is 2. The number of imidazole rings is 1. The van der Waals surface area contributed by atoms with E-state index in [0.717, 1.165) is 5.82 Å².